The highest BCUT2D eigenvalue weighted by Crippen LogP contribution is 2.39. The van der Waals surface area contributed by atoms with Crippen molar-refractivity contribution in [2.24, 2.45) is 5.73 Å². The molecule has 168 valence electrons. The molecule has 7 nitrogen and oxygen atoms in total. The summed E-state index contributed by atoms with van der Waals surface area (Å²) in [4.78, 5) is 26.9. The number of nitrogens with two attached hydrogens (primary N) is 1. The van der Waals surface area contributed by atoms with Gasteiger partial charge in [0.1, 0.15) is 5.00 Å². The lowest BCUT2D eigenvalue weighted by Crippen LogP contribution is -2.19. The normalized spacial score (nSPS) is 12.6. The Bertz CT molecular complexity index is 1300. The molecule has 3 aromatic heterocycles. The molecule has 0 radical (unpaired) electrons. The average molecular weight is 496 g/mol. The molecule has 1 aromatic carbocycles. The summed E-state index contributed by atoms with van der Waals surface area (Å²) in [7, 11) is 0. The van der Waals surface area contributed by atoms with Gasteiger partial charge in [-0.25, -0.2) is 0 Å². The van der Waals surface area contributed by atoms with Crippen LogP contribution in [0.5, 0.6) is 0 Å². The second-order valence-corrected chi connectivity index (χ2v) is 10.6. The number of rotatable bonds is 8. The number of amides is 2. The summed E-state index contributed by atoms with van der Waals surface area (Å²) in [6, 6.07) is 14.1. The van der Waals surface area contributed by atoms with Gasteiger partial charge in [-0.05, 0) is 41.8 Å². The van der Waals surface area contributed by atoms with Gasteiger partial charge in [-0.15, -0.1) is 32.9 Å². The van der Waals surface area contributed by atoms with Crippen LogP contribution < -0.4 is 11.1 Å². The Kier molecular flexibility index (Phi) is 6.30. The van der Waals surface area contributed by atoms with Crippen LogP contribution in [0.1, 0.15) is 32.8 Å². The quantitative estimate of drug-likeness (QED) is 0.352. The van der Waals surface area contributed by atoms with E-state index < -0.39 is 5.91 Å². The fraction of sp³-hybridized carbons (Fsp3) is 0.217. The lowest BCUT2D eigenvalue weighted by atomic mass is 10.1. The summed E-state index contributed by atoms with van der Waals surface area (Å²) in [6.45, 7) is 0.606. The Labute approximate surface area is 203 Å². The molecule has 0 atom stereocenters. The van der Waals surface area contributed by atoms with Gasteiger partial charge in [0.05, 0.1) is 22.7 Å². The third-order valence-corrected chi connectivity index (χ3v) is 8.43. The maximum absolute atomic E-state index is 12.8. The van der Waals surface area contributed by atoms with E-state index in [1.807, 2.05) is 40.3 Å². The maximum atomic E-state index is 12.8. The van der Waals surface area contributed by atoms with E-state index in [1.54, 1.807) is 11.3 Å². The highest BCUT2D eigenvalue weighted by molar-refractivity contribution is 7.99. The van der Waals surface area contributed by atoms with E-state index >= 15 is 0 Å². The molecule has 10 heteroatoms. The van der Waals surface area contributed by atoms with Gasteiger partial charge in [0, 0.05) is 4.88 Å². The first-order valence-corrected chi connectivity index (χ1v) is 13.2. The van der Waals surface area contributed by atoms with Crippen LogP contribution in [0, 0.1) is 0 Å². The highest BCUT2D eigenvalue weighted by atomic mass is 32.2. The number of nitrogens with one attached hydrogen (secondary N) is 1. The molecule has 0 spiro atoms. The van der Waals surface area contributed by atoms with Crippen LogP contribution in [0.2, 0.25) is 0 Å². The molecule has 5 rings (SSSR count). The van der Waals surface area contributed by atoms with Crippen molar-refractivity contribution in [1.29, 1.82) is 0 Å². The second-order valence-electron chi connectivity index (χ2n) is 7.62. The molecule has 4 aromatic rings. The summed E-state index contributed by atoms with van der Waals surface area (Å²) >= 11 is 4.39. The van der Waals surface area contributed by atoms with Crippen LogP contribution in [0.4, 0.5) is 5.00 Å². The number of thiophene rings is 2. The Balaban J connectivity index is 1.34. The van der Waals surface area contributed by atoms with E-state index in [2.05, 4.69) is 27.6 Å². The number of carbonyl (C=O) groups is 2. The molecule has 33 heavy (non-hydrogen) atoms. The zero-order valence-corrected chi connectivity index (χ0v) is 20.1. The number of carbonyl (C=O) groups excluding carboxylic acids is 2. The summed E-state index contributed by atoms with van der Waals surface area (Å²) in [5, 5.41) is 14.9. The first kappa shape index (κ1) is 21.9. The first-order valence-electron chi connectivity index (χ1n) is 10.5. The Morgan fingerprint density at radius 2 is 1.97 bits per heavy atom. The number of primary amides is 1. The fourth-order valence-corrected chi connectivity index (χ4v) is 6.70. The van der Waals surface area contributed by atoms with Crippen molar-refractivity contribution < 1.29 is 9.59 Å². The molecule has 0 saturated heterocycles. The third-order valence-electron chi connectivity index (χ3n) is 5.39. The highest BCUT2D eigenvalue weighted by Gasteiger charge is 2.26. The van der Waals surface area contributed by atoms with Gasteiger partial charge in [-0.2, -0.15) is 0 Å². The van der Waals surface area contributed by atoms with Gasteiger partial charge in [-0.3, -0.25) is 14.2 Å². The number of aromatic nitrogens is 3. The van der Waals surface area contributed by atoms with Gasteiger partial charge in [-0.1, -0.05) is 48.2 Å². The lowest BCUT2D eigenvalue weighted by Gasteiger charge is -2.10. The molecular weight excluding hydrogens is 474 g/mol. The van der Waals surface area contributed by atoms with Crippen molar-refractivity contribution in [3.05, 3.63) is 69.4 Å². The van der Waals surface area contributed by atoms with Gasteiger partial charge < -0.3 is 11.1 Å². The van der Waals surface area contributed by atoms with Gasteiger partial charge >= 0.3 is 0 Å². The van der Waals surface area contributed by atoms with Crippen LogP contribution in [0.25, 0.3) is 10.7 Å². The van der Waals surface area contributed by atoms with Crippen molar-refractivity contribution in [2.75, 3.05) is 11.1 Å². The maximum Gasteiger partial charge on any atom is 0.251 e. The molecule has 0 fully saturated rings. The molecule has 1 aliphatic carbocycles. The van der Waals surface area contributed by atoms with E-state index in [4.69, 9.17) is 5.73 Å². The Morgan fingerprint density at radius 3 is 2.73 bits per heavy atom. The fourth-order valence-electron chi connectivity index (χ4n) is 3.94. The molecule has 0 unspecified atom stereocenters. The van der Waals surface area contributed by atoms with Crippen LogP contribution in [0.3, 0.4) is 0 Å². The molecule has 0 saturated carbocycles. The topological polar surface area (TPSA) is 103 Å². The van der Waals surface area contributed by atoms with Crippen molar-refractivity contribution in [3.8, 4) is 10.7 Å². The number of hydrogen-bond acceptors (Lipinski definition) is 7. The van der Waals surface area contributed by atoms with E-state index in [0.29, 0.717) is 22.3 Å². The molecule has 0 aliphatic heterocycles. The van der Waals surface area contributed by atoms with Gasteiger partial charge in [0.15, 0.2) is 11.0 Å². The number of thioether (sulfide) groups is 1. The predicted octanol–water partition coefficient (Wildman–Crippen LogP) is 4.43. The Morgan fingerprint density at radius 1 is 1.12 bits per heavy atom. The third kappa shape index (κ3) is 4.59. The molecule has 3 heterocycles. The standard InChI is InChI=1S/C23H21N5O2S3/c24-20(30)19-15-8-4-9-16(15)33-22(19)25-18(29)13-32-23-27-26-21(17-10-5-11-31-17)28(23)12-14-6-2-1-3-7-14/h1-3,5-7,10-11H,4,8-9,12-13H2,(H2,24,30)(H,25,29). The number of aryl methyl sites for hydroxylation is 1. The van der Waals surface area contributed by atoms with Gasteiger partial charge in [0.25, 0.3) is 5.91 Å². The zero-order valence-electron chi connectivity index (χ0n) is 17.6. The monoisotopic (exact) mass is 495 g/mol. The number of nitrogens with zero attached hydrogens (tertiary/aromatic N) is 3. The number of fused-ring (bicyclic) bond motifs is 1. The van der Waals surface area contributed by atoms with Crippen LogP contribution in [-0.2, 0) is 24.2 Å². The predicted molar refractivity (Wildman–Crippen MR) is 133 cm³/mol. The minimum atomic E-state index is -0.486. The minimum Gasteiger partial charge on any atom is -0.365 e. The van der Waals surface area contributed by atoms with E-state index in [1.165, 1.54) is 23.1 Å². The number of hydrogen-bond donors (Lipinski definition) is 2. The summed E-state index contributed by atoms with van der Waals surface area (Å²) in [5.74, 6) is 0.246. The van der Waals surface area contributed by atoms with Crippen molar-refractivity contribution >= 4 is 51.3 Å². The zero-order chi connectivity index (χ0) is 22.8. The van der Waals surface area contributed by atoms with E-state index in [9.17, 15) is 9.59 Å². The lowest BCUT2D eigenvalue weighted by molar-refractivity contribution is -0.113. The smallest absolute Gasteiger partial charge is 0.251 e. The summed E-state index contributed by atoms with van der Waals surface area (Å²) in [6.07, 6.45) is 2.79. The molecule has 1 aliphatic rings. The van der Waals surface area contributed by atoms with Crippen LogP contribution in [0.15, 0.2) is 53.0 Å². The van der Waals surface area contributed by atoms with E-state index in [-0.39, 0.29) is 11.7 Å². The SMILES string of the molecule is NC(=O)c1c(NC(=O)CSc2nnc(-c3cccs3)n2Cc2ccccc2)sc2c1CCC2. The summed E-state index contributed by atoms with van der Waals surface area (Å²) in [5.41, 5.74) is 8.20. The first-order chi connectivity index (χ1) is 16.1. The number of benzene rings is 1. The van der Waals surface area contributed by atoms with Crippen LogP contribution >= 0.6 is 34.4 Å². The minimum absolute atomic E-state index is 0.151. The van der Waals surface area contributed by atoms with Crippen molar-refractivity contribution in [2.45, 2.75) is 31.0 Å². The number of anilines is 1. The largest absolute Gasteiger partial charge is 0.365 e. The van der Waals surface area contributed by atoms with Crippen molar-refractivity contribution in [3.63, 3.8) is 0 Å². The molecular formula is C23H21N5O2S3. The van der Waals surface area contributed by atoms with Crippen molar-refractivity contribution in [1.82, 2.24) is 14.8 Å². The van der Waals surface area contributed by atoms with Gasteiger partial charge in [0.2, 0.25) is 5.91 Å². The van der Waals surface area contributed by atoms with Crippen LogP contribution in [-0.4, -0.2) is 32.3 Å². The molecule has 3 N–H and O–H groups in total. The summed E-state index contributed by atoms with van der Waals surface area (Å²) < 4.78 is 2.04. The second kappa shape index (κ2) is 9.50. The molecule has 2 amide bonds. The average Bonchev–Trinajstić information content (AvgIpc) is 3.57. The Hall–Kier alpha value is -2.95. The van der Waals surface area contributed by atoms with E-state index in [0.717, 1.165) is 46.0 Å². The molecule has 0 bridgehead atoms.